The molecule has 0 spiro atoms. The quantitative estimate of drug-likeness (QED) is 0.621. The highest BCUT2D eigenvalue weighted by atomic mass is 79.9. The van der Waals surface area contributed by atoms with Gasteiger partial charge in [0.15, 0.2) is 0 Å². The van der Waals surface area contributed by atoms with Crippen molar-refractivity contribution in [2.45, 2.75) is 18.9 Å². The third-order valence-corrected chi connectivity index (χ3v) is 6.24. The number of carbonyl (C=O) groups excluding carboxylic acids is 1. The molecule has 2 aliphatic rings. The van der Waals surface area contributed by atoms with E-state index in [0.717, 1.165) is 36.0 Å². The predicted octanol–water partition coefficient (Wildman–Crippen LogP) is 4.62. The summed E-state index contributed by atoms with van der Waals surface area (Å²) in [7, 11) is 0. The number of amides is 1. The number of H-pyrrole nitrogens is 1. The molecule has 2 saturated heterocycles. The highest BCUT2D eigenvalue weighted by molar-refractivity contribution is 9.10. The van der Waals surface area contributed by atoms with Gasteiger partial charge >= 0.3 is 0 Å². The Hall–Kier alpha value is -1.96. The molecule has 1 aromatic heterocycles. The number of hydrazine groups is 1. The van der Waals surface area contributed by atoms with Crippen molar-refractivity contribution in [3.8, 4) is 11.4 Å². The SMILES string of the molecule is O=C(c1ccc(-c2nc3cc(Cl)c(F)cc3[nH]2)c(Br)c1)N1C2CCN1CC2. The maximum Gasteiger partial charge on any atom is 0.268 e. The molecule has 138 valence electrons. The minimum absolute atomic E-state index is 0.0284. The van der Waals surface area contributed by atoms with Crippen LogP contribution in [0.2, 0.25) is 5.02 Å². The number of aromatic nitrogens is 2. The van der Waals surface area contributed by atoms with Crippen molar-refractivity contribution < 1.29 is 9.18 Å². The van der Waals surface area contributed by atoms with Crippen LogP contribution in [0, 0.1) is 5.82 Å². The lowest BCUT2D eigenvalue weighted by atomic mass is 10.1. The molecule has 3 heterocycles. The fraction of sp³-hybridized carbons (Fsp3) is 0.263. The van der Waals surface area contributed by atoms with E-state index in [0.29, 0.717) is 28.5 Å². The van der Waals surface area contributed by atoms with E-state index in [1.165, 1.54) is 12.1 Å². The average molecular weight is 450 g/mol. The fourth-order valence-electron chi connectivity index (χ4n) is 3.94. The molecule has 0 unspecified atom stereocenters. The standard InChI is InChI=1S/C19H15BrClFN4O/c20-13-7-10(19(27)26-11-3-5-25(26)6-4-11)1-2-12(13)18-23-16-8-14(21)15(22)9-17(16)24-18/h1-2,7-9,11H,3-6H2,(H,23,24). The minimum Gasteiger partial charge on any atom is -0.338 e. The molecule has 5 rings (SSSR count). The van der Waals surface area contributed by atoms with Gasteiger partial charge in [0.1, 0.15) is 11.6 Å². The lowest BCUT2D eigenvalue weighted by molar-refractivity contribution is 0.0334. The first-order chi connectivity index (χ1) is 13.0. The van der Waals surface area contributed by atoms with Crippen molar-refractivity contribution in [3.05, 3.63) is 51.2 Å². The molecule has 2 aromatic carbocycles. The van der Waals surface area contributed by atoms with E-state index in [9.17, 15) is 9.18 Å². The predicted molar refractivity (Wildman–Crippen MR) is 105 cm³/mol. The number of hydrogen-bond donors (Lipinski definition) is 1. The van der Waals surface area contributed by atoms with Crippen LogP contribution >= 0.6 is 27.5 Å². The van der Waals surface area contributed by atoms with Gasteiger partial charge in [0.05, 0.1) is 22.1 Å². The van der Waals surface area contributed by atoms with Crippen LogP contribution in [0.25, 0.3) is 22.4 Å². The zero-order chi connectivity index (χ0) is 18.7. The largest absolute Gasteiger partial charge is 0.338 e. The number of aromatic amines is 1. The molecule has 2 fully saturated rings. The number of benzene rings is 2. The number of hydrogen-bond acceptors (Lipinski definition) is 3. The van der Waals surface area contributed by atoms with Crippen LogP contribution in [0.5, 0.6) is 0 Å². The van der Waals surface area contributed by atoms with Gasteiger partial charge in [-0.05, 0) is 37.1 Å². The second-order valence-electron chi connectivity index (χ2n) is 6.90. The Morgan fingerprint density at radius 1 is 1.26 bits per heavy atom. The van der Waals surface area contributed by atoms with Crippen molar-refractivity contribution >= 4 is 44.5 Å². The van der Waals surface area contributed by atoms with Crippen molar-refractivity contribution in [2.24, 2.45) is 0 Å². The van der Waals surface area contributed by atoms with Gasteiger partial charge < -0.3 is 4.98 Å². The van der Waals surface area contributed by atoms with Gasteiger partial charge in [-0.25, -0.2) is 14.4 Å². The van der Waals surface area contributed by atoms with E-state index in [2.05, 4.69) is 30.9 Å². The molecule has 0 radical (unpaired) electrons. The van der Waals surface area contributed by atoms with Crippen LogP contribution in [-0.4, -0.2) is 45.0 Å². The molecule has 2 aliphatic heterocycles. The molecular formula is C19H15BrClFN4O. The Balaban J connectivity index is 1.49. The van der Waals surface area contributed by atoms with Crippen molar-refractivity contribution in [1.82, 2.24) is 20.0 Å². The van der Waals surface area contributed by atoms with Gasteiger partial charge in [-0.3, -0.25) is 9.80 Å². The number of piperidine rings is 1. The first-order valence-corrected chi connectivity index (χ1v) is 9.91. The molecule has 1 amide bonds. The molecule has 3 aromatic rings. The first kappa shape index (κ1) is 17.2. The number of imidazole rings is 1. The van der Waals surface area contributed by atoms with Crippen molar-refractivity contribution in [2.75, 3.05) is 13.1 Å². The van der Waals surface area contributed by atoms with Gasteiger partial charge in [-0.2, -0.15) is 0 Å². The molecule has 0 atom stereocenters. The summed E-state index contributed by atoms with van der Waals surface area (Å²) in [5.74, 6) is 0.123. The first-order valence-electron chi connectivity index (χ1n) is 8.74. The Morgan fingerprint density at radius 2 is 2.04 bits per heavy atom. The van der Waals surface area contributed by atoms with Crippen LogP contribution in [0.3, 0.4) is 0 Å². The topological polar surface area (TPSA) is 52.2 Å². The van der Waals surface area contributed by atoms with E-state index < -0.39 is 5.82 Å². The van der Waals surface area contributed by atoms with E-state index in [4.69, 9.17) is 11.6 Å². The summed E-state index contributed by atoms with van der Waals surface area (Å²) in [6.45, 7) is 1.90. The summed E-state index contributed by atoms with van der Waals surface area (Å²) in [5, 5.41) is 4.07. The van der Waals surface area contributed by atoms with Gasteiger partial charge in [0, 0.05) is 34.8 Å². The average Bonchev–Trinajstić information content (AvgIpc) is 3.35. The fourth-order valence-corrected chi connectivity index (χ4v) is 4.67. The Labute approximate surface area is 168 Å². The Morgan fingerprint density at radius 3 is 2.70 bits per heavy atom. The van der Waals surface area contributed by atoms with Crippen LogP contribution in [-0.2, 0) is 0 Å². The second kappa shape index (κ2) is 6.29. The van der Waals surface area contributed by atoms with Crippen LogP contribution in [0.4, 0.5) is 4.39 Å². The number of rotatable bonds is 2. The number of fused-ring (bicyclic) bond motifs is 3. The summed E-state index contributed by atoms with van der Waals surface area (Å²) in [6.07, 6.45) is 2.09. The van der Waals surface area contributed by atoms with E-state index in [1.807, 2.05) is 23.2 Å². The zero-order valence-corrected chi connectivity index (χ0v) is 16.5. The smallest absolute Gasteiger partial charge is 0.268 e. The maximum absolute atomic E-state index is 13.7. The van der Waals surface area contributed by atoms with Crippen LogP contribution in [0.1, 0.15) is 23.2 Å². The highest BCUT2D eigenvalue weighted by Crippen LogP contribution is 2.33. The summed E-state index contributed by atoms with van der Waals surface area (Å²) < 4.78 is 14.4. The monoisotopic (exact) mass is 448 g/mol. The van der Waals surface area contributed by atoms with Gasteiger partial charge in [-0.1, -0.05) is 27.5 Å². The molecule has 0 saturated carbocycles. The van der Waals surface area contributed by atoms with Crippen LogP contribution in [0.15, 0.2) is 34.8 Å². The lowest BCUT2D eigenvalue weighted by Gasteiger charge is -2.23. The number of carbonyl (C=O) groups is 1. The van der Waals surface area contributed by atoms with Gasteiger partial charge in [0.2, 0.25) is 0 Å². The van der Waals surface area contributed by atoms with Crippen molar-refractivity contribution in [3.63, 3.8) is 0 Å². The summed E-state index contributed by atoms with van der Waals surface area (Å²) >= 11 is 9.38. The number of halogens is 3. The van der Waals surface area contributed by atoms with E-state index in [1.54, 1.807) is 0 Å². The maximum atomic E-state index is 13.7. The number of nitrogens with zero attached hydrogens (tertiary/aromatic N) is 3. The van der Waals surface area contributed by atoms with Crippen molar-refractivity contribution in [1.29, 1.82) is 0 Å². The highest BCUT2D eigenvalue weighted by Gasteiger charge is 2.41. The third kappa shape index (κ3) is 2.76. The van der Waals surface area contributed by atoms with Gasteiger partial charge in [0.25, 0.3) is 5.91 Å². The number of nitrogens with one attached hydrogen (secondary N) is 1. The Bertz CT molecular complexity index is 1030. The summed E-state index contributed by atoms with van der Waals surface area (Å²) in [4.78, 5) is 20.5. The zero-order valence-electron chi connectivity index (χ0n) is 14.2. The molecule has 0 aliphatic carbocycles. The molecular weight excluding hydrogens is 435 g/mol. The minimum atomic E-state index is -0.491. The molecule has 1 N–H and O–H groups in total. The van der Waals surface area contributed by atoms with Gasteiger partial charge in [-0.15, -0.1) is 0 Å². The normalized spacial score (nSPS) is 21.4. The molecule has 5 nitrogen and oxygen atoms in total. The summed E-state index contributed by atoms with van der Waals surface area (Å²) in [6, 6.07) is 8.62. The summed E-state index contributed by atoms with van der Waals surface area (Å²) in [5.41, 5.74) is 2.59. The van der Waals surface area contributed by atoms with Crippen LogP contribution < -0.4 is 0 Å². The van der Waals surface area contributed by atoms with E-state index in [-0.39, 0.29) is 10.9 Å². The third-order valence-electron chi connectivity index (χ3n) is 5.29. The molecule has 27 heavy (non-hydrogen) atoms. The van der Waals surface area contributed by atoms with E-state index >= 15 is 0 Å². The molecule has 8 heteroatoms. The second-order valence-corrected chi connectivity index (χ2v) is 8.16. The molecule has 2 bridgehead atoms. The lowest BCUT2D eigenvalue weighted by Crippen LogP contribution is -2.38. The Kier molecular flexibility index (Phi) is 4.00.